The van der Waals surface area contributed by atoms with Crippen LogP contribution in [0.3, 0.4) is 0 Å². The van der Waals surface area contributed by atoms with Gasteiger partial charge in [0.25, 0.3) is 0 Å². The molecule has 0 aliphatic carbocycles. The molecule has 0 spiro atoms. The number of rotatable bonds is 4. The van der Waals surface area contributed by atoms with Crippen molar-refractivity contribution in [2.24, 2.45) is 0 Å². The number of sulfone groups is 1. The van der Waals surface area contributed by atoms with Crippen molar-refractivity contribution in [1.82, 2.24) is 0 Å². The quantitative estimate of drug-likeness (QED) is 0.813. The van der Waals surface area contributed by atoms with E-state index in [9.17, 15) is 17.2 Å². The van der Waals surface area contributed by atoms with Gasteiger partial charge < -0.3 is 0 Å². The van der Waals surface area contributed by atoms with E-state index in [4.69, 9.17) is 0 Å². The van der Waals surface area contributed by atoms with Gasteiger partial charge in [-0.15, -0.1) is 0 Å². The van der Waals surface area contributed by atoms with E-state index in [-0.39, 0.29) is 5.75 Å². The van der Waals surface area contributed by atoms with Gasteiger partial charge in [0, 0.05) is 23.2 Å². The molecular weight excluding hydrogens is 362 g/mol. The van der Waals surface area contributed by atoms with E-state index in [1.54, 1.807) is 18.2 Å². The lowest BCUT2D eigenvalue weighted by Gasteiger charge is -2.08. The molecule has 0 fully saturated rings. The van der Waals surface area contributed by atoms with Gasteiger partial charge in [0.15, 0.2) is 9.84 Å². The fraction of sp³-hybridized carbons (Fsp3) is 0.200. The first-order chi connectivity index (χ1) is 9.74. The monoisotopic (exact) mass is 374 g/mol. The van der Waals surface area contributed by atoms with E-state index in [2.05, 4.69) is 15.9 Å². The zero-order valence-corrected chi connectivity index (χ0v) is 13.6. The molecule has 0 N–H and O–H groups in total. The van der Waals surface area contributed by atoms with Crippen molar-refractivity contribution in [3.63, 3.8) is 0 Å². The zero-order chi connectivity index (χ0) is 15.6. The van der Waals surface area contributed by atoms with Crippen molar-refractivity contribution in [2.45, 2.75) is 12.2 Å². The van der Waals surface area contributed by atoms with E-state index in [0.717, 1.165) is 11.6 Å². The number of benzene rings is 2. The Labute approximate surface area is 130 Å². The predicted molar refractivity (Wildman–Crippen MR) is 81.9 cm³/mol. The van der Waals surface area contributed by atoms with Crippen molar-refractivity contribution in [1.29, 1.82) is 0 Å². The lowest BCUT2D eigenvalue weighted by Crippen LogP contribution is -2.01. The molecule has 2 rings (SSSR count). The first-order valence-corrected chi connectivity index (χ1v) is 8.99. The van der Waals surface area contributed by atoms with Crippen LogP contribution in [0.1, 0.15) is 16.7 Å². The highest BCUT2D eigenvalue weighted by atomic mass is 79.9. The van der Waals surface area contributed by atoms with Crippen molar-refractivity contribution < 1.29 is 17.2 Å². The maximum absolute atomic E-state index is 13.6. The van der Waals surface area contributed by atoms with Gasteiger partial charge in [-0.2, -0.15) is 0 Å². The first kappa shape index (κ1) is 16.1. The van der Waals surface area contributed by atoms with E-state index in [1.807, 2.05) is 0 Å². The highest BCUT2D eigenvalue weighted by Crippen LogP contribution is 2.24. The molecule has 0 atom stereocenters. The van der Waals surface area contributed by atoms with Gasteiger partial charge in [-0.05, 0) is 28.8 Å². The summed E-state index contributed by atoms with van der Waals surface area (Å²) < 4.78 is 49.7. The average Bonchev–Trinajstić information content (AvgIpc) is 2.33. The molecule has 0 unspecified atom stereocenters. The van der Waals surface area contributed by atoms with Crippen molar-refractivity contribution >= 4 is 25.8 Å². The molecule has 0 aliphatic rings. The molecule has 21 heavy (non-hydrogen) atoms. The van der Waals surface area contributed by atoms with Crippen molar-refractivity contribution in [2.75, 3.05) is 6.26 Å². The van der Waals surface area contributed by atoms with Crippen LogP contribution in [0.15, 0.2) is 40.9 Å². The number of hydrogen-bond donors (Lipinski definition) is 0. The summed E-state index contributed by atoms with van der Waals surface area (Å²) in [5, 5.41) is 0. The number of hydrogen-bond acceptors (Lipinski definition) is 2. The second kappa shape index (κ2) is 6.23. The third kappa shape index (κ3) is 4.61. The molecule has 0 aromatic heterocycles. The molecule has 2 nitrogen and oxygen atoms in total. The molecule has 0 radical (unpaired) electrons. The minimum Gasteiger partial charge on any atom is -0.229 e. The molecule has 0 aliphatic heterocycles. The largest absolute Gasteiger partial charge is 0.229 e. The van der Waals surface area contributed by atoms with Gasteiger partial charge in [0.2, 0.25) is 0 Å². The summed E-state index contributed by atoms with van der Waals surface area (Å²) in [5.74, 6) is -1.25. The normalized spacial score (nSPS) is 11.6. The molecule has 6 heteroatoms. The van der Waals surface area contributed by atoms with Gasteiger partial charge in [-0.1, -0.05) is 34.1 Å². The van der Waals surface area contributed by atoms with Gasteiger partial charge in [-0.3, -0.25) is 0 Å². The topological polar surface area (TPSA) is 34.1 Å². The van der Waals surface area contributed by atoms with Gasteiger partial charge in [0.1, 0.15) is 11.6 Å². The van der Waals surface area contributed by atoms with Crippen LogP contribution in [0, 0.1) is 11.6 Å². The third-order valence-corrected chi connectivity index (χ3v) is 4.54. The van der Waals surface area contributed by atoms with Crippen LogP contribution < -0.4 is 0 Å². The van der Waals surface area contributed by atoms with E-state index < -0.39 is 21.5 Å². The minimum absolute atomic E-state index is 0.0449. The molecule has 0 heterocycles. The van der Waals surface area contributed by atoms with Gasteiger partial charge >= 0.3 is 0 Å². The minimum atomic E-state index is -3.10. The lowest BCUT2D eigenvalue weighted by molar-refractivity contribution is 0.574. The summed E-state index contributed by atoms with van der Waals surface area (Å²) in [7, 11) is -3.10. The molecule has 0 saturated heterocycles. The summed E-state index contributed by atoms with van der Waals surface area (Å²) in [6.07, 6.45) is 1.47. The Morgan fingerprint density at radius 1 is 1.05 bits per heavy atom. The summed E-state index contributed by atoms with van der Waals surface area (Å²) in [6, 6.07) is 8.61. The van der Waals surface area contributed by atoms with E-state index in [0.29, 0.717) is 22.0 Å². The molecular formula is C15H13BrF2O2S. The molecule has 0 amide bonds. The van der Waals surface area contributed by atoms with Crippen LogP contribution >= 0.6 is 15.9 Å². The van der Waals surface area contributed by atoms with Crippen LogP contribution in [-0.4, -0.2) is 14.7 Å². The Bertz CT molecular complexity index is 773. The summed E-state index contributed by atoms with van der Waals surface area (Å²) in [5.41, 5.74) is 1.85. The Hall–Kier alpha value is -1.27. The molecule has 0 bridgehead atoms. The van der Waals surface area contributed by atoms with Crippen LogP contribution in [0.4, 0.5) is 8.78 Å². The highest BCUT2D eigenvalue weighted by Gasteiger charge is 2.10. The first-order valence-electron chi connectivity index (χ1n) is 6.13. The van der Waals surface area contributed by atoms with Gasteiger partial charge in [0.05, 0.1) is 5.75 Å². The predicted octanol–water partition coefficient (Wildman–Crippen LogP) is 3.86. The summed E-state index contributed by atoms with van der Waals surface area (Å²) >= 11 is 3.36. The second-order valence-corrected chi connectivity index (χ2v) is 7.90. The maximum Gasteiger partial charge on any atom is 0.151 e. The Kier molecular flexibility index (Phi) is 4.78. The SMILES string of the molecule is CS(=O)(=O)Cc1ccc(Cc2ccc(F)cc2F)c(Br)c1. The molecule has 2 aromatic rings. The van der Waals surface area contributed by atoms with Crippen LogP contribution in [-0.2, 0) is 22.0 Å². The fourth-order valence-corrected chi connectivity index (χ4v) is 3.35. The average molecular weight is 375 g/mol. The standard InChI is InChI=1S/C15H13BrF2O2S/c1-21(19,20)9-10-2-3-11(14(16)6-10)7-12-4-5-13(17)8-15(12)18/h2-6,8H,7,9H2,1H3. The Morgan fingerprint density at radius 2 is 1.71 bits per heavy atom. The summed E-state index contributed by atoms with van der Waals surface area (Å²) in [4.78, 5) is 0. The smallest absolute Gasteiger partial charge is 0.151 e. The third-order valence-electron chi connectivity index (χ3n) is 2.94. The van der Waals surface area contributed by atoms with Crippen molar-refractivity contribution in [3.8, 4) is 0 Å². The van der Waals surface area contributed by atoms with Crippen LogP contribution in [0.2, 0.25) is 0 Å². The molecule has 112 valence electrons. The Balaban J connectivity index is 2.25. The zero-order valence-electron chi connectivity index (χ0n) is 11.2. The molecule has 0 saturated carbocycles. The lowest BCUT2D eigenvalue weighted by atomic mass is 10.0. The highest BCUT2D eigenvalue weighted by molar-refractivity contribution is 9.10. The van der Waals surface area contributed by atoms with Gasteiger partial charge in [-0.25, -0.2) is 17.2 Å². The second-order valence-electron chi connectivity index (χ2n) is 4.91. The maximum atomic E-state index is 13.6. The molecule has 2 aromatic carbocycles. The van der Waals surface area contributed by atoms with Crippen LogP contribution in [0.25, 0.3) is 0 Å². The van der Waals surface area contributed by atoms with E-state index in [1.165, 1.54) is 18.4 Å². The van der Waals surface area contributed by atoms with E-state index >= 15 is 0 Å². The van der Waals surface area contributed by atoms with Crippen molar-refractivity contribution in [3.05, 3.63) is 69.2 Å². The fourth-order valence-electron chi connectivity index (χ4n) is 2.00. The summed E-state index contributed by atoms with van der Waals surface area (Å²) in [6.45, 7) is 0. The van der Waals surface area contributed by atoms with Crippen LogP contribution in [0.5, 0.6) is 0 Å². The number of halogens is 3. The Morgan fingerprint density at radius 3 is 2.29 bits per heavy atom.